The molecule has 4 nitrogen and oxygen atoms in total. The number of hydrogen-bond donors (Lipinski definition) is 1. The summed E-state index contributed by atoms with van der Waals surface area (Å²) in [7, 11) is 0. The van der Waals surface area contributed by atoms with Crippen molar-refractivity contribution < 1.29 is 14.6 Å². The molecule has 0 saturated carbocycles. The predicted octanol–water partition coefficient (Wildman–Crippen LogP) is 3.91. The first kappa shape index (κ1) is 17.8. The number of nitrogens with zero attached hydrogens (tertiary/aromatic N) is 1. The van der Waals surface area contributed by atoms with E-state index in [1.54, 1.807) is 0 Å². The number of aliphatic hydroxyl groups is 1. The first-order valence-electron chi connectivity index (χ1n) is 9.01. The quantitative estimate of drug-likeness (QED) is 0.829. The van der Waals surface area contributed by atoms with Crippen molar-refractivity contribution in [1.82, 2.24) is 0 Å². The van der Waals surface area contributed by atoms with Crippen molar-refractivity contribution in [3.63, 3.8) is 0 Å². The van der Waals surface area contributed by atoms with Gasteiger partial charge in [0.05, 0.1) is 13.2 Å². The van der Waals surface area contributed by atoms with Crippen molar-refractivity contribution >= 4 is 5.69 Å². The van der Waals surface area contributed by atoms with Gasteiger partial charge < -0.3 is 19.5 Å². The highest BCUT2D eigenvalue weighted by Gasteiger charge is 2.26. The van der Waals surface area contributed by atoms with Crippen LogP contribution in [0, 0.1) is 6.92 Å². The number of fused-ring (bicyclic) bond motifs is 3. The second kappa shape index (κ2) is 7.89. The van der Waals surface area contributed by atoms with Gasteiger partial charge in [-0.1, -0.05) is 23.8 Å². The van der Waals surface area contributed by atoms with E-state index in [4.69, 9.17) is 9.47 Å². The minimum absolute atomic E-state index is 0.000494. The first-order valence-corrected chi connectivity index (χ1v) is 9.01. The van der Waals surface area contributed by atoms with E-state index in [0.717, 1.165) is 30.0 Å². The highest BCUT2D eigenvalue weighted by Crippen LogP contribution is 2.46. The molecule has 1 N–H and O–H groups in total. The lowest BCUT2D eigenvalue weighted by molar-refractivity contribution is 0.129. The monoisotopic (exact) mass is 341 g/mol. The van der Waals surface area contributed by atoms with E-state index in [0.29, 0.717) is 13.2 Å². The summed E-state index contributed by atoms with van der Waals surface area (Å²) < 4.78 is 11.6. The summed E-state index contributed by atoms with van der Waals surface area (Å²) in [6.45, 7) is 9.58. The van der Waals surface area contributed by atoms with Crippen LogP contribution < -0.4 is 9.64 Å². The van der Waals surface area contributed by atoms with Gasteiger partial charge in [-0.05, 0) is 38.5 Å². The van der Waals surface area contributed by atoms with E-state index in [9.17, 15) is 5.11 Å². The lowest BCUT2D eigenvalue weighted by Gasteiger charge is -2.34. The van der Waals surface area contributed by atoms with Crippen molar-refractivity contribution in [2.45, 2.75) is 33.9 Å². The summed E-state index contributed by atoms with van der Waals surface area (Å²) in [6, 6.07) is 10.9. The standard InChI is InChI=1S/C21H27NO3/c1-4-22-13-16-7-8-17(14-24-5-2)21(25-11-10-23)20(16)18-12-15(3)6-9-19(18)22/h6-9,12,23H,4-5,10-11,13-14H2,1-3H3. The number of anilines is 1. The molecule has 2 aromatic carbocycles. The molecule has 1 aliphatic rings. The SMILES string of the molecule is CCOCc1ccc2c(c1OCCO)-c1cc(C)ccc1N(CC)C2. The van der Waals surface area contributed by atoms with Gasteiger partial charge in [0.25, 0.3) is 0 Å². The van der Waals surface area contributed by atoms with Crippen molar-refractivity contribution in [3.05, 3.63) is 47.0 Å². The zero-order chi connectivity index (χ0) is 17.8. The highest BCUT2D eigenvalue weighted by molar-refractivity contribution is 5.88. The Morgan fingerprint density at radius 1 is 1.16 bits per heavy atom. The van der Waals surface area contributed by atoms with Gasteiger partial charge in [-0.2, -0.15) is 0 Å². The fraction of sp³-hybridized carbons (Fsp3) is 0.429. The highest BCUT2D eigenvalue weighted by atomic mass is 16.5. The van der Waals surface area contributed by atoms with E-state index in [2.05, 4.69) is 49.1 Å². The van der Waals surface area contributed by atoms with Gasteiger partial charge in [-0.3, -0.25) is 0 Å². The van der Waals surface area contributed by atoms with Crippen molar-refractivity contribution in [2.24, 2.45) is 0 Å². The molecule has 0 radical (unpaired) electrons. The van der Waals surface area contributed by atoms with Crippen LogP contribution >= 0.6 is 0 Å². The van der Waals surface area contributed by atoms with E-state index >= 15 is 0 Å². The third kappa shape index (κ3) is 3.51. The van der Waals surface area contributed by atoms with Crippen LogP contribution in [-0.2, 0) is 17.9 Å². The second-order valence-corrected chi connectivity index (χ2v) is 6.33. The van der Waals surface area contributed by atoms with Gasteiger partial charge in [-0.25, -0.2) is 0 Å². The summed E-state index contributed by atoms with van der Waals surface area (Å²) in [4.78, 5) is 2.38. The molecule has 4 heteroatoms. The molecule has 0 atom stereocenters. The van der Waals surface area contributed by atoms with Crippen LogP contribution in [0.2, 0.25) is 0 Å². The Morgan fingerprint density at radius 3 is 2.72 bits per heavy atom. The first-order chi connectivity index (χ1) is 12.2. The Balaban J connectivity index is 2.17. The van der Waals surface area contributed by atoms with Crippen LogP contribution in [0.15, 0.2) is 30.3 Å². The van der Waals surface area contributed by atoms with Gasteiger partial charge in [0.2, 0.25) is 0 Å². The van der Waals surface area contributed by atoms with Gasteiger partial charge >= 0.3 is 0 Å². The van der Waals surface area contributed by atoms with Crippen LogP contribution in [0.5, 0.6) is 5.75 Å². The Labute approximate surface area is 150 Å². The minimum atomic E-state index is -0.000494. The van der Waals surface area contributed by atoms with Gasteiger partial charge in [0.1, 0.15) is 12.4 Å². The molecule has 0 aromatic heterocycles. The lowest BCUT2D eigenvalue weighted by atomic mass is 9.89. The molecule has 0 unspecified atom stereocenters. The fourth-order valence-corrected chi connectivity index (χ4v) is 3.43. The Bertz CT molecular complexity index is 742. The Kier molecular flexibility index (Phi) is 5.61. The topological polar surface area (TPSA) is 41.9 Å². The molecular weight excluding hydrogens is 314 g/mol. The van der Waals surface area contributed by atoms with Crippen LogP contribution in [0.3, 0.4) is 0 Å². The number of aliphatic hydroxyl groups excluding tert-OH is 1. The summed E-state index contributed by atoms with van der Waals surface area (Å²) in [6.07, 6.45) is 0. The predicted molar refractivity (Wildman–Crippen MR) is 101 cm³/mol. The number of ether oxygens (including phenoxy) is 2. The molecule has 0 aliphatic carbocycles. The molecule has 25 heavy (non-hydrogen) atoms. The molecule has 0 amide bonds. The van der Waals surface area contributed by atoms with Crippen LogP contribution in [0.1, 0.15) is 30.5 Å². The maximum absolute atomic E-state index is 9.25. The van der Waals surface area contributed by atoms with Gasteiger partial charge in [-0.15, -0.1) is 0 Å². The zero-order valence-corrected chi connectivity index (χ0v) is 15.3. The second-order valence-electron chi connectivity index (χ2n) is 6.33. The third-order valence-electron chi connectivity index (χ3n) is 4.63. The molecule has 134 valence electrons. The number of hydrogen-bond acceptors (Lipinski definition) is 4. The van der Waals surface area contributed by atoms with Gasteiger partial charge in [0, 0.05) is 42.1 Å². The number of benzene rings is 2. The number of aryl methyl sites for hydroxylation is 1. The molecule has 2 aromatic rings. The Morgan fingerprint density at radius 2 is 2.00 bits per heavy atom. The van der Waals surface area contributed by atoms with Crippen molar-refractivity contribution in [2.75, 3.05) is 31.3 Å². The average Bonchev–Trinajstić information content (AvgIpc) is 2.63. The van der Waals surface area contributed by atoms with Crippen molar-refractivity contribution in [1.29, 1.82) is 0 Å². The van der Waals surface area contributed by atoms with E-state index in [1.165, 1.54) is 22.4 Å². The molecule has 0 spiro atoms. The van der Waals surface area contributed by atoms with Crippen LogP contribution in [0.25, 0.3) is 11.1 Å². The summed E-state index contributed by atoms with van der Waals surface area (Å²) in [5.74, 6) is 0.850. The molecule has 1 heterocycles. The summed E-state index contributed by atoms with van der Waals surface area (Å²) >= 11 is 0. The largest absolute Gasteiger partial charge is 0.490 e. The smallest absolute Gasteiger partial charge is 0.133 e. The Hall–Kier alpha value is -2.04. The fourth-order valence-electron chi connectivity index (χ4n) is 3.43. The maximum Gasteiger partial charge on any atom is 0.133 e. The maximum atomic E-state index is 9.25. The molecule has 0 saturated heterocycles. The molecule has 0 fully saturated rings. The summed E-state index contributed by atoms with van der Waals surface area (Å²) in [5, 5.41) is 9.25. The van der Waals surface area contributed by atoms with Crippen LogP contribution in [-0.4, -0.2) is 31.5 Å². The minimum Gasteiger partial charge on any atom is -0.490 e. The van der Waals surface area contributed by atoms with Crippen molar-refractivity contribution in [3.8, 4) is 16.9 Å². The molecule has 3 rings (SSSR count). The van der Waals surface area contributed by atoms with Crippen LogP contribution in [0.4, 0.5) is 5.69 Å². The molecule has 0 bridgehead atoms. The molecular formula is C21H27NO3. The number of rotatable bonds is 7. The van der Waals surface area contributed by atoms with E-state index in [1.807, 2.05) is 6.92 Å². The van der Waals surface area contributed by atoms with Gasteiger partial charge in [0.15, 0.2) is 0 Å². The molecule has 1 aliphatic heterocycles. The zero-order valence-electron chi connectivity index (χ0n) is 15.3. The normalized spacial score (nSPS) is 12.7. The lowest BCUT2D eigenvalue weighted by Crippen LogP contribution is -2.26. The third-order valence-corrected chi connectivity index (χ3v) is 4.63. The summed E-state index contributed by atoms with van der Waals surface area (Å²) in [5.41, 5.74) is 7.11. The average molecular weight is 341 g/mol. The van der Waals surface area contributed by atoms with E-state index < -0.39 is 0 Å². The van der Waals surface area contributed by atoms with E-state index in [-0.39, 0.29) is 13.2 Å².